The number of aliphatic hydroxyl groups is 1. The molecule has 88 valence electrons. The molecule has 0 radical (unpaired) electrons. The van der Waals surface area contributed by atoms with Crippen molar-refractivity contribution in [3.05, 3.63) is 0 Å². The first-order chi connectivity index (χ1) is 7.15. The molecule has 0 spiro atoms. The summed E-state index contributed by atoms with van der Waals surface area (Å²) in [7, 11) is 0. The highest BCUT2D eigenvalue weighted by Gasteiger charge is 2.12. The SMILES string of the molecule is CCOC(=O)CCN(CCO)C(=O)CC. The standard InChI is InChI=1S/C10H19NO4/c1-3-9(13)11(7-8-12)6-5-10(14)15-4-2/h12H,3-8H2,1-2H3. The van der Waals surface area contributed by atoms with Gasteiger partial charge in [0.2, 0.25) is 5.91 Å². The van der Waals surface area contributed by atoms with Crippen LogP contribution in [0.5, 0.6) is 0 Å². The maximum Gasteiger partial charge on any atom is 0.307 e. The first-order valence-electron chi connectivity index (χ1n) is 5.19. The van der Waals surface area contributed by atoms with E-state index in [0.29, 0.717) is 19.6 Å². The van der Waals surface area contributed by atoms with E-state index in [1.54, 1.807) is 13.8 Å². The van der Waals surface area contributed by atoms with E-state index in [1.807, 2.05) is 0 Å². The van der Waals surface area contributed by atoms with Gasteiger partial charge >= 0.3 is 5.97 Å². The molecule has 0 aromatic rings. The van der Waals surface area contributed by atoms with Crippen LogP contribution in [0.4, 0.5) is 0 Å². The van der Waals surface area contributed by atoms with Gasteiger partial charge in [0.1, 0.15) is 0 Å². The van der Waals surface area contributed by atoms with Crippen molar-refractivity contribution in [1.82, 2.24) is 4.90 Å². The summed E-state index contributed by atoms with van der Waals surface area (Å²) in [6, 6.07) is 0. The molecule has 0 aliphatic carbocycles. The van der Waals surface area contributed by atoms with Crippen LogP contribution in [-0.2, 0) is 14.3 Å². The zero-order valence-electron chi connectivity index (χ0n) is 9.36. The zero-order chi connectivity index (χ0) is 11.7. The number of aliphatic hydroxyl groups excluding tert-OH is 1. The van der Waals surface area contributed by atoms with Gasteiger partial charge in [-0.2, -0.15) is 0 Å². The molecule has 0 aromatic carbocycles. The van der Waals surface area contributed by atoms with Gasteiger partial charge < -0.3 is 14.7 Å². The second-order valence-corrected chi connectivity index (χ2v) is 3.01. The average molecular weight is 217 g/mol. The van der Waals surface area contributed by atoms with Crippen LogP contribution in [0.15, 0.2) is 0 Å². The molecule has 1 N–H and O–H groups in total. The number of hydrogen-bond donors (Lipinski definition) is 1. The van der Waals surface area contributed by atoms with Gasteiger partial charge in [-0.3, -0.25) is 9.59 Å². The monoisotopic (exact) mass is 217 g/mol. The van der Waals surface area contributed by atoms with Crippen molar-refractivity contribution in [2.75, 3.05) is 26.3 Å². The number of carbonyl (C=O) groups is 2. The van der Waals surface area contributed by atoms with E-state index in [-0.39, 0.29) is 31.4 Å². The Hall–Kier alpha value is -1.10. The minimum Gasteiger partial charge on any atom is -0.466 e. The predicted octanol–water partition coefficient (Wildman–Crippen LogP) is 0.171. The van der Waals surface area contributed by atoms with Crippen molar-refractivity contribution >= 4 is 11.9 Å². The summed E-state index contributed by atoms with van der Waals surface area (Å²) in [6.07, 6.45) is 0.558. The normalized spacial score (nSPS) is 9.80. The lowest BCUT2D eigenvalue weighted by Gasteiger charge is -2.20. The first kappa shape index (κ1) is 13.9. The van der Waals surface area contributed by atoms with Crippen molar-refractivity contribution in [3.8, 4) is 0 Å². The van der Waals surface area contributed by atoms with Crippen LogP contribution in [-0.4, -0.2) is 48.2 Å². The molecule has 0 aliphatic heterocycles. The number of hydrogen-bond acceptors (Lipinski definition) is 4. The molecule has 0 unspecified atom stereocenters. The smallest absolute Gasteiger partial charge is 0.307 e. The molecule has 0 saturated heterocycles. The molecule has 0 aliphatic rings. The first-order valence-corrected chi connectivity index (χ1v) is 5.19. The third-order valence-electron chi connectivity index (χ3n) is 1.92. The van der Waals surface area contributed by atoms with Gasteiger partial charge in [0.05, 0.1) is 19.6 Å². The van der Waals surface area contributed by atoms with Crippen LogP contribution in [0.25, 0.3) is 0 Å². The largest absolute Gasteiger partial charge is 0.466 e. The van der Waals surface area contributed by atoms with E-state index < -0.39 is 0 Å². The second-order valence-electron chi connectivity index (χ2n) is 3.01. The Balaban J connectivity index is 3.95. The number of amides is 1. The summed E-state index contributed by atoms with van der Waals surface area (Å²) in [6.45, 7) is 4.32. The Morgan fingerprint density at radius 1 is 1.27 bits per heavy atom. The Morgan fingerprint density at radius 3 is 2.40 bits per heavy atom. The Morgan fingerprint density at radius 2 is 1.93 bits per heavy atom. The topological polar surface area (TPSA) is 66.8 Å². The minimum absolute atomic E-state index is 0.0617. The van der Waals surface area contributed by atoms with Gasteiger partial charge in [-0.1, -0.05) is 6.92 Å². The fourth-order valence-corrected chi connectivity index (χ4v) is 1.16. The van der Waals surface area contributed by atoms with Gasteiger partial charge in [0, 0.05) is 19.5 Å². The summed E-state index contributed by atoms with van der Waals surface area (Å²) in [4.78, 5) is 23.8. The zero-order valence-corrected chi connectivity index (χ0v) is 9.36. The molecular formula is C10H19NO4. The number of carbonyl (C=O) groups excluding carboxylic acids is 2. The van der Waals surface area contributed by atoms with Crippen molar-refractivity contribution in [2.45, 2.75) is 26.7 Å². The Labute approximate surface area is 90.0 Å². The lowest BCUT2D eigenvalue weighted by molar-refractivity contribution is -0.144. The number of esters is 1. The summed E-state index contributed by atoms with van der Waals surface area (Å²) >= 11 is 0. The van der Waals surface area contributed by atoms with Crippen LogP contribution < -0.4 is 0 Å². The van der Waals surface area contributed by atoms with Gasteiger partial charge in [-0.05, 0) is 6.92 Å². The van der Waals surface area contributed by atoms with E-state index in [9.17, 15) is 9.59 Å². The van der Waals surface area contributed by atoms with E-state index in [0.717, 1.165) is 0 Å². The molecule has 5 heteroatoms. The van der Waals surface area contributed by atoms with Crippen LogP contribution in [0.3, 0.4) is 0 Å². The molecule has 1 amide bonds. The lowest BCUT2D eigenvalue weighted by atomic mass is 10.3. The summed E-state index contributed by atoms with van der Waals surface area (Å²) in [5.74, 6) is -0.377. The molecule has 0 saturated carbocycles. The maximum absolute atomic E-state index is 11.3. The second kappa shape index (κ2) is 8.23. The number of ether oxygens (including phenoxy) is 1. The fraction of sp³-hybridized carbons (Fsp3) is 0.800. The van der Waals surface area contributed by atoms with Gasteiger partial charge in [-0.25, -0.2) is 0 Å². The van der Waals surface area contributed by atoms with Crippen molar-refractivity contribution in [2.24, 2.45) is 0 Å². The van der Waals surface area contributed by atoms with E-state index >= 15 is 0 Å². The molecule has 0 fully saturated rings. The van der Waals surface area contributed by atoms with E-state index in [1.165, 1.54) is 4.90 Å². The highest BCUT2D eigenvalue weighted by Crippen LogP contribution is 1.97. The number of nitrogens with zero attached hydrogens (tertiary/aromatic N) is 1. The third-order valence-corrected chi connectivity index (χ3v) is 1.92. The van der Waals surface area contributed by atoms with Crippen LogP contribution >= 0.6 is 0 Å². The van der Waals surface area contributed by atoms with Crippen molar-refractivity contribution in [1.29, 1.82) is 0 Å². The maximum atomic E-state index is 11.3. The average Bonchev–Trinajstić information content (AvgIpc) is 2.23. The van der Waals surface area contributed by atoms with Crippen LogP contribution in [0.2, 0.25) is 0 Å². The molecule has 0 rings (SSSR count). The van der Waals surface area contributed by atoms with Gasteiger partial charge in [0.25, 0.3) is 0 Å². The van der Waals surface area contributed by atoms with E-state index in [2.05, 4.69) is 0 Å². The van der Waals surface area contributed by atoms with Crippen molar-refractivity contribution in [3.63, 3.8) is 0 Å². The minimum atomic E-state index is -0.315. The Kier molecular flexibility index (Phi) is 7.62. The third kappa shape index (κ3) is 6.06. The van der Waals surface area contributed by atoms with Gasteiger partial charge in [0.15, 0.2) is 0 Å². The predicted molar refractivity (Wildman–Crippen MR) is 55.2 cm³/mol. The summed E-state index contributed by atoms with van der Waals surface area (Å²) in [5, 5.41) is 8.74. The Bertz CT molecular complexity index is 206. The van der Waals surface area contributed by atoms with Crippen LogP contribution in [0.1, 0.15) is 26.7 Å². The molecule has 0 heterocycles. The molecular weight excluding hydrogens is 198 g/mol. The number of rotatable bonds is 7. The van der Waals surface area contributed by atoms with Crippen LogP contribution in [0, 0.1) is 0 Å². The highest BCUT2D eigenvalue weighted by molar-refractivity contribution is 5.77. The molecule has 0 bridgehead atoms. The molecule has 5 nitrogen and oxygen atoms in total. The highest BCUT2D eigenvalue weighted by atomic mass is 16.5. The summed E-state index contributed by atoms with van der Waals surface area (Å²) in [5.41, 5.74) is 0. The fourth-order valence-electron chi connectivity index (χ4n) is 1.16. The molecule has 0 aromatic heterocycles. The van der Waals surface area contributed by atoms with Crippen molar-refractivity contribution < 1.29 is 19.4 Å². The summed E-state index contributed by atoms with van der Waals surface area (Å²) < 4.78 is 4.74. The van der Waals surface area contributed by atoms with Gasteiger partial charge in [-0.15, -0.1) is 0 Å². The molecule has 15 heavy (non-hydrogen) atoms. The quantitative estimate of drug-likeness (QED) is 0.617. The molecule has 0 atom stereocenters. The van der Waals surface area contributed by atoms with E-state index in [4.69, 9.17) is 9.84 Å². The lowest BCUT2D eigenvalue weighted by Crippen LogP contribution is -2.35.